The molecule has 1 saturated heterocycles. The van der Waals surface area contributed by atoms with E-state index >= 15 is 0 Å². The van der Waals surface area contributed by atoms with Crippen LogP contribution in [0.2, 0.25) is 0 Å². The molecule has 1 aliphatic rings. The zero-order chi connectivity index (χ0) is 25.8. The molecule has 1 N–H and O–H groups in total. The molecular formula is C29H34N4O3S. The fraction of sp³-hybridized carbons (Fsp3) is 0.379. The van der Waals surface area contributed by atoms with E-state index in [-0.39, 0.29) is 6.04 Å². The minimum Gasteiger partial charge on any atom is -0.493 e. The van der Waals surface area contributed by atoms with E-state index in [0.29, 0.717) is 23.9 Å². The van der Waals surface area contributed by atoms with Gasteiger partial charge in [-0.2, -0.15) is 0 Å². The van der Waals surface area contributed by atoms with E-state index in [2.05, 4.69) is 52.5 Å². The highest BCUT2D eigenvalue weighted by molar-refractivity contribution is 7.15. The van der Waals surface area contributed by atoms with E-state index < -0.39 is 0 Å². The SMILES string of the molecule is COc1cc2nc(C)nc(NC(C)c3ccc(-c4ccccc4OCCN4CCCC4)s3)c2cc1OC. The maximum absolute atomic E-state index is 6.23. The summed E-state index contributed by atoms with van der Waals surface area (Å²) >= 11 is 1.77. The third kappa shape index (κ3) is 5.65. The number of nitrogens with one attached hydrogen (secondary N) is 1. The Bertz CT molecular complexity index is 1370. The number of ether oxygens (including phenoxy) is 3. The molecule has 3 heterocycles. The van der Waals surface area contributed by atoms with E-state index in [4.69, 9.17) is 19.2 Å². The first kappa shape index (κ1) is 25.3. The summed E-state index contributed by atoms with van der Waals surface area (Å²) in [5.74, 6) is 3.71. The standard InChI is InChI=1S/C29H34N4O3S/c1-19(30-29-22-17-25(34-3)26(35-4)18-23(22)31-20(2)32-29)27-11-12-28(37-27)21-9-5-6-10-24(21)36-16-15-33-13-7-8-14-33/h5-6,9-12,17-19H,7-8,13-16H2,1-4H3,(H,30,31,32). The molecule has 1 unspecified atom stereocenters. The number of thiophene rings is 1. The number of para-hydroxylation sites is 1. The van der Waals surface area contributed by atoms with Gasteiger partial charge in [0.25, 0.3) is 0 Å². The van der Waals surface area contributed by atoms with Crippen molar-refractivity contribution in [2.75, 3.05) is 45.8 Å². The normalized spacial score (nSPS) is 14.6. The molecule has 37 heavy (non-hydrogen) atoms. The molecule has 1 atom stereocenters. The highest BCUT2D eigenvalue weighted by atomic mass is 32.1. The summed E-state index contributed by atoms with van der Waals surface area (Å²) in [5.41, 5.74) is 1.94. The van der Waals surface area contributed by atoms with Crippen molar-refractivity contribution >= 4 is 28.1 Å². The van der Waals surface area contributed by atoms with Crippen LogP contribution < -0.4 is 19.5 Å². The van der Waals surface area contributed by atoms with Crippen LogP contribution in [-0.2, 0) is 0 Å². The maximum Gasteiger partial charge on any atom is 0.162 e. The predicted molar refractivity (Wildman–Crippen MR) is 150 cm³/mol. The van der Waals surface area contributed by atoms with E-state index in [1.165, 1.54) is 35.7 Å². The molecule has 0 saturated carbocycles. The van der Waals surface area contributed by atoms with Crippen LogP contribution in [0.3, 0.4) is 0 Å². The van der Waals surface area contributed by atoms with Gasteiger partial charge in [0.15, 0.2) is 11.5 Å². The zero-order valence-corrected chi connectivity index (χ0v) is 22.7. The van der Waals surface area contributed by atoms with E-state index in [0.717, 1.165) is 34.6 Å². The second kappa shape index (κ2) is 11.4. The molecule has 194 valence electrons. The molecule has 0 amide bonds. The lowest BCUT2D eigenvalue weighted by Gasteiger charge is -2.17. The van der Waals surface area contributed by atoms with E-state index in [1.807, 2.05) is 25.1 Å². The summed E-state index contributed by atoms with van der Waals surface area (Å²) < 4.78 is 17.2. The van der Waals surface area contributed by atoms with Crippen LogP contribution in [0, 0.1) is 6.92 Å². The second-order valence-corrected chi connectivity index (χ2v) is 10.4. The first-order valence-electron chi connectivity index (χ1n) is 12.8. The molecule has 0 bridgehead atoms. The highest BCUT2D eigenvalue weighted by Crippen LogP contribution is 2.39. The first-order chi connectivity index (χ1) is 18.1. The van der Waals surface area contributed by atoms with Gasteiger partial charge in [-0.05, 0) is 70.1 Å². The summed E-state index contributed by atoms with van der Waals surface area (Å²) in [6.45, 7) is 8.11. The summed E-state index contributed by atoms with van der Waals surface area (Å²) in [5, 5.41) is 4.49. The predicted octanol–water partition coefficient (Wildman–Crippen LogP) is 6.33. The number of aryl methyl sites for hydroxylation is 1. The number of methoxy groups -OCH3 is 2. The molecule has 0 spiro atoms. The largest absolute Gasteiger partial charge is 0.493 e. The number of likely N-dealkylation sites (tertiary alicyclic amines) is 1. The topological polar surface area (TPSA) is 68.7 Å². The van der Waals surface area contributed by atoms with Gasteiger partial charge >= 0.3 is 0 Å². The molecule has 7 nitrogen and oxygen atoms in total. The molecule has 5 rings (SSSR count). The number of rotatable bonds is 10. The third-order valence-electron chi connectivity index (χ3n) is 6.74. The summed E-state index contributed by atoms with van der Waals surface area (Å²) in [4.78, 5) is 14.2. The van der Waals surface area contributed by atoms with Crippen LogP contribution >= 0.6 is 11.3 Å². The number of nitrogens with zero attached hydrogens (tertiary/aromatic N) is 3. The van der Waals surface area contributed by atoms with Crippen molar-refractivity contribution in [3.63, 3.8) is 0 Å². The lowest BCUT2D eigenvalue weighted by atomic mass is 10.1. The Labute approximate surface area is 222 Å². The van der Waals surface area contributed by atoms with Crippen LogP contribution in [-0.4, -0.2) is 55.3 Å². The molecule has 2 aromatic heterocycles. The van der Waals surface area contributed by atoms with Crippen LogP contribution in [0.5, 0.6) is 17.2 Å². The summed E-state index contributed by atoms with van der Waals surface area (Å²) in [6, 6.07) is 16.5. The van der Waals surface area contributed by atoms with Crippen LogP contribution in [0.4, 0.5) is 5.82 Å². The molecule has 1 fully saturated rings. The Morgan fingerprint density at radius 1 is 0.973 bits per heavy atom. The molecule has 0 radical (unpaired) electrons. The Morgan fingerprint density at radius 3 is 2.51 bits per heavy atom. The van der Waals surface area contributed by atoms with Crippen molar-refractivity contribution in [3.05, 3.63) is 59.2 Å². The van der Waals surface area contributed by atoms with E-state index in [1.54, 1.807) is 25.6 Å². The first-order valence-corrected chi connectivity index (χ1v) is 13.6. The van der Waals surface area contributed by atoms with Gasteiger partial charge in [0.05, 0.1) is 25.8 Å². The lowest BCUT2D eigenvalue weighted by molar-refractivity contribution is 0.238. The summed E-state index contributed by atoms with van der Waals surface area (Å²) in [6.07, 6.45) is 2.60. The van der Waals surface area contributed by atoms with Crippen LogP contribution in [0.25, 0.3) is 21.3 Å². The van der Waals surface area contributed by atoms with Crippen molar-refractivity contribution in [2.45, 2.75) is 32.7 Å². The Morgan fingerprint density at radius 2 is 1.73 bits per heavy atom. The van der Waals surface area contributed by atoms with Crippen molar-refractivity contribution < 1.29 is 14.2 Å². The van der Waals surface area contributed by atoms with Gasteiger partial charge in [-0.1, -0.05) is 12.1 Å². The fourth-order valence-corrected chi connectivity index (χ4v) is 5.82. The monoisotopic (exact) mass is 518 g/mol. The van der Waals surface area contributed by atoms with Crippen LogP contribution in [0.15, 0.2) is 48.5 Å². The average molecular weight is 519 g/mol. The number of hydrogen-bond acceptors (Lipinski definition) is 8. The molecule has 1 aliphatic heterocycles. The molecule has 8 heteroatoms. The molecule has 0 aliphatic carbocycles. The van der Waals surface area contributed by atoms with Gasteiger partial charge in [-0.3, -0.25) is 4.90 Å². The van der Waals surface area contributed by atoms with Gasteiger partial charge in [-0.15, -0.1) is 11.3 Å². The molecule has 2 aromatic carbocycles. The molecular weight excluding hydrogens is 484 g/mol. The lowest BCUT2D eigenvalue weighted by Crippen LogP contribution is -2.25. The van der Waals surface area contributed by atoms with Gasteiger partial charge in [0.1, 0.15) is 24.0 Å². The number of benzene rings is 2. The number of aromatic nitrogens is 2. The van der Waals surface area contributed by atoms with Crippen molar-refractivity contribution in [1.29, 1.82) is 0 Å². The third-order valence-corrected chi connectivity index (χ3v) is 8.04. The quantitative estimate of drug-likeness (QED) is 0.263. The highest BCUT2D eigenvalue weighted by Gasteiger charge is 2.17. The number of anilines is 1. The minimum atomic E-state index is 0.0487. The zero-order valence-electron chi connectivity index (χ0n) is 21.9. The van der Waals surface area contributed by atoms with Gasteiger partial charge in [0, 0.05) is 33.3 Å². The minimum absolute atomic E-state index is 0.0487. The summed E-state index contributed by atoms with van der Waals surface area (Å²) in [7, 11) is 3.26. The Balaban J connectivity index is 1.35. The van der Waals surface area contributed by atoms with Crippen molar-refractivity contribution in [1.82, 2.24) is 14.9 Å². The van der Waals surface area contributed by atoms with Crippen LogP contribution in [0.1, 0.15) is 36.5 Å². The molecule has 4 aromatic rings. The fourth-order valence-electron chi connectivity index (χ4n) is 4.78. The number of hydrogen-bond donors (Lipinski definition) is 1. The Hall–Kier alpha value is -3.36. The van der Waals surface area contributed by atoms with Crippen molar-refractivity contribution in [2.24, 2.45) is 0 Å². The number of fused-ring (bicyclic) bond motifs is 1. The Kier molecular flexibility index (Phi) is 7.76. The van der Waals surface area contributed by atoms with E-state index in [9.17, 15) is 0 Å². The van der Waals surface area contributed by atoms with Crippen molar-refractivity contribution in [3.8, 4) is 27.7 Å². The van der Waals surface area contributed by atoms with Gasteiger partial charge < -0.3 is 19.5 Å². The smallest absolute Gasteiger partial charge is 0.162 e. The second-order valence-electron chi connectivity index (χ2n) is 9.31. The maximum atomic E-state index is 6.23. The van der Waals surface area contributed by atoms with Gasteiger partial charge in [0.2, 0.25) is 0 Å². The van der Waals surface area contributed by atoms with Gasteiger partial charge in [-0.25, -0.2) is 9.97 Å². The average Bonchev–Trinajstić information content (AvgIpc) is 3.61.